The van der Waals surface area contributed by atoms with E-state index in [4.69, 9.17) is 11.6 Å². The van der Waals surface area contributed by atoms with Crippen molar-refractivity contribution in [2.45, 2.75) is 65.5 Å². The van der Waals surface area contributed by atoms with Gasteiger partial charge in [0.05, 0.1) is 0 Å². The molecule has 0 bridgehead atoms. The number of hydrogen-bond acceptors (Lipinski definition) is 2. The van der Waals surface area contributed by atoms with Crippen LogP contribution in [0.2, 0.25) is 5.02 Å². The fourth-order valence-corrected chi connectivity index (χ4v) is 3.48. The molecule has 0 heterocycles. The molecular weight excluding hydrogens is 396 g/mol. The van der Waals surface area contributed by atoms with Gasteiger partial charge in [-0.2, -0.15) is 0 Å². The molecule has 5 heteroatoms. The summed E-state index contributed by atoms with van der Waals surface area (Å²) >= 11 is 6.30. The number of halogens is 1. The monoisotopic (exact) mass is 428 g/mol. The number of aryl methyl sites for hydroxylation is 1. The van der Waals surface area contributed by atoms with E-state index in [0.29, 0.717) is 31.0 Å². The summed E-state index contributed by atoms with van der Waals surface area (Å²) in [6.07, 6.45) is 0.966. The summed E-state index contributed by atoms with van der Waals surface area (Å²) < 4.78 is 0. The van der Waals surface area contributed by atoms with E-state index in [0.717, 1.165) is 11.1 Å². The lowest BCUT2D eigenvalue weighted by Gasteiger charge is -2.29. The quantitative estimate of drug-likeness (QED) is 0.634. The highest BCUT2D eigenvalue weighted by Gasteiger charge is 2.26. The van der Waals surface area contributed by atoms with Crippen molar-refractivity contribution in [2.24, 2.45) is 0 Å². The van der Waals surface area contributed by atoms with Gasteiger partial charge in [-0.1, -0.05) is 74.8 Å². The van der Waals surface area contributed by atoms with Gasteiger partial charge in [0.2, 0.25) is 11.8 Å². The molecule has 2 aromatic rings. The molecule has 0 radical (unpaired) electrons. The van der Waals surface area contributed by atoms with Crippen molar-refractivity contribution in [1.29, 1.82) is 0 Å². The highest BCUT2D eigenvalue weighted by molar-refractivity contribution is 6.31. The van der Waals surface area contributed by atoms with Gasteiger partial charge in [0.25, 0.3) is 0 Å². The zero-order valence-corrected chi connectivity index (χ0v) is 19.4. The summed E-state index contributed by atoms with van der Waals surface area (Å²) in [7, 11) is 0. The van der Waals surface area contributed by atoms with Gasteiger partial charge in [-0.3, -0.25) is 9.59 Å². The van der Waals surface area contributed by atoms with Crippen LogP contribution in [0.15, 0.2) is 48.5 Å². The van der Waals surface area contributed by atoms with Gasteiger partial charge in [-0.15, -0.1) is 0 Å². The molecule has 0 aromatic heterocycles. The molecule has 4 nitrogen and oxygen atoms in total. The molecule has 0 aliphatic rings. The van der Waals surface area contributed by atoms with Crippen molar-refractivity contribution in [3.63, 3.8) is 0 Å². The lowest BCUT2D eigenvalue weighted by atomic mass is 9.86. The lowest BCUT2D eigenvalue weighted by Crippen LogP contribution is -2.47. The predicted molar refractivity (Wildman–Crippen MR) is 124 cm³/mol. The Morgan fingerprint density at radius 2 is 1.70 bits per heavy atom. The third-order valence-corrected chi connectivity index (χ3v) is 5.63. The number of carbonyl (C=O) groups is 2. The van der Waals surface area contributed by atoms with Crippen molar-refractivity contribution < 1.29 is 9.59 Å². The minimum absolute atomic E-state index is 0.0615. The SMILES string of the molecule is CCNC(=O)[C@@H](C)N(Cc1ccccc1Cl)C(=O)CCc1ccc(C(C)(C)C)cc1. The second-order valence-electron chi connectivity index (χ2n) is 8.63. The number of hydrogen-bond donors (Lipinski definition) is 1. The third kappa shape index (κ3) is 6.60. The Kier molecular flexibility index (Phi) is 8.48. The minimum Gasteiger partial charge on any atom is -0.355 e. The van der Waals surface area contributed by atoms with Crippen LogP contribution in [0.1, 0.15) is 57.7 Å². The van der Waals surface area contributed by atoms with Gasteiger partial charge in [-0.05, 0) is 48.4 Å². The van der Waals surface area contributed by atoms with Gasteiger partial charge >= 0.3 is 0 Å². The molecule has 2 rings (SSSR count). The molecule has 2 aromatic carbocycles. The van der Waals surface area contributed by atoms with Crippen molar-refractivity contribution in [2.75, 3.05) is 6.54 Å². The van der Waals surface area contributed by atoms with Crippen molar-refractivity contribution >= 4 is 23.4 Å². The summed E-state index contributed by atoms with van der Waals surface area (Å²) in [6, 6.07) is 15.3. The number of benzene rings is 2. The topological polar surface area (TPSA) is 49.4 Å². The van der Waals surface area contributed by atoms with Crippen molar-refractivity contribution in [3.05, 3.63) is 70.2 Å². The number of nitrogens with zero attached hydrogens (tertiary/aromatic N) is 1. The Morgan fingerprint density at radius 1 is 1.07 bits per heavy atom. The van der Waals surface area contributed by atoms with E-state index in [9.17, 15) is 9.59 Å². The number of nitrogens with one attached hydrogen (secondary N) is 1. The van der Waals surface area contributed by atoms with E-state index < -0.39 is 6.04 Å². The molecule has 30 heavy (non-hydrogen) atoms. The Labute approximate surface area is 185 Å². The van der Waals surface area contributed by atoms with Crippen LogP contribution in [0.4, 0.5) is 0 Å². The van der Waals surface area contributed by atoms with E-state index in [-0.39, 0.29) is 17.2 Å². The number of carbonyl (C=O) groups excluding carboxylic acids is 2. The highest BCUT2D eigenvalue weighted by atomic mass is 35.5. The summed E-state index contributed by atoms with van der Waals surface area (Å²) in [5.41, 5.74) is 3.31. The van der Waals surface area contributed by atoms with Crippen molar-refractivity contribution in [3.8, 4) is 0 Å². The Bertz CT molecular complexity index is 856. The van der Waals surface area contributed by atoms with Gasteiger partial charge in [0.15, 0.2) is 0 Å². The van der Waals surface area contributed by atoms with Crippen LogP contribution in [0.25, 0.3) is 0 Å². The Hall–Kier alpha value is -2.33. The maximum Gasteiger partial charge on any atom is 0.242 e. The fraction of sp³-hybridized carbons (Fsp3) is 0.440. The van der Waals surface area contributed by atoms with Crippen LogP contribution in [0.5, 0.6) is 0 Å². The molecule has 0 unspecified atom stereocenters. The summed E-state index contributed by atoms with van der Waals surface area (Å²) in [4.78, 5) is 27.2. The smallest absolute Gasteiger partial charge is 0.242 e. The van der Waals surface area contributed by atoms with Crippen LogP contribution in [0, 0.1) is 0 Å². The van der Waals surface area contributed by atoms with Gasteiger partial charge in [-0.25, -0.2) is 0 Å². The zero-order valence-electron chi connectivity index (χ0n) is 18.7. The van der Waals surface area contributed by atoms with E-state index in [1.54, 1.807) is 17.9 Å². The van der Waals surface area contributed by atoms with Gasteiger partial charge in [0, 0.05) is 24.5 Å². The molecule has 0 fully saturated rings. The number of likely N-dealkylation sites (N-methyl/N-ethyl adjacent to an activating group) is 1. The maximum absolute atomic E-state index is 13.1. The molecule has 1 atom stereocenters. The third-order valence-electron chi connectivity index (χ3n) is 5.26. The maximum atomic E-state index is 13.1. The van der Waals surface area contributed by atoms with E-state index in [1.165, 1.54) is 5.56 Å². The average molecular weight is 429 g/mol. The first kappa shape index (κ1) is 23.9. The van der Waals surface area contributed by atoms with Crippen LogP contribution in [-0.4, -0.2) is 29.3 Å². The predicted octanol–water partition coefficient (Wildman–Crippen LogP) is 5.12. The summed E-state index contributed by atoms with van der Waals surface area (Å²) in [6.45, 7) is 11.0. The van der Waals surface area contributed by atoms with E-state index in [2.05, 4.69) is 50.4 Å². The first-order valence-electron chi connectivity index (χ1n) is 10.5. The normalized spacial score (nSPS) is 12.3. The van der Waals surface area contributed by atoms with Crippen molar-refractivity contribution in [1.82, 2.24) is 10.2 Å². The Balaban J connectivity index is 2.13. The second kappa shape index (κ2) is 10.6. The fourth-order valence-electron chi connectivity index (χ4n) is 3.28. The number of amides is 2. The molecule has 162 valence electrons. The molecule has 0 spiro atoms. The second-order valence-corrected chi connectivity index (χ2v) is 9.04. The molecule has 2 amide bonds. The first-order chi connectivity index (χ1) is 14.1. The van der Waals surface area contributed by atoms with Crippen LogP contribution >= 0.6 is 11.6 Å². The number of rotatable bonds is 8. The zero-order chi connectivity index (χ0) is 22.3. The minimum atomic E-state index is -0.572. The largest absolute Gasteiger partial charge is 0.355 e. The van der Waals surface area contributed by atoms with Crippen LogP contribution in [0.3, 0.4) is 0 Å². The molecule has 0 aliphatic carbocycles. The van der Waals surface area contributed by atoms with Crippen LogP contribution in [-0.2, 0) is 28.0 Å². The molecule has 0 saturated heterocycles. The van der Waals surface area contributed by atoms with Gasteiger partial charge in [0.1, 0.15) is 6.04 Å². The molecular formula is C25H33ClN2O2. The van der Waals surface area contributed by atoms with E-state index >= 15 is 0 Å². The summed E-state index contributed by atoms with van der Waals surface area (Å²) in [5, 5.41) is 3.40. The standard InChI is InChI=1S/C25H33ClN2O2/c1-6-27-24(30)18(2)28(17-20-9-7-8-10-22(20)26)23(29)16-13-19-11-14-21(15-12-19)25(3,4)5/h7-12,14-15,18H,6,13,16-17H2,1-5H3,(H,27,30)/t18-/m1/s1. The van der Waals surface area contributed by atoms with Gasteiger partial charge < -0.3 is 10.2 Å². The van der Waals surface area contributed by atoms with Crippen LogP contribution < -0.4 is 5.32 Å². The lowest BCUT2D eigenvalue weighted by molar-refractivity contribution is -0.140. The Morgan fingerprint density at radius 3 is 2.27 bits per heavy atom. The first-order valence-corrected chi connectivity index (χ1v) is 10.9. The highest BCUT2D eigenvalue weighted by Crippen LogP contribution is 2.23. The average Bonchev–Trinajstić information content (AvgIpc) is 2.70. The summed E-state index contributed by atoms with van der Waals surface area (Å²) in [5.74, 6) is -0.221. The van der Waals surface area contributed by atoms with E-state index in [1.807, 2.05) is 25.1 Å². The molecule has 0 aliphatic heterocycles. The molecule has 0 saturated carbocycles. The molecule has 1 N–H and O–H groups in total.